The lowest BCUT2D eigenvalue weighted by molar-refractivity contribution is -0.144. The number of halogens is 1. The normalized spacial score (nSPS) is 11.8. The highest BCUT2D eigenvalue weighted by molar-refractivity contribution is 6.34. The van der Waals surface area contributed by atoms with Gasteiger partial charge in [-0.15, -0.1) is 5.10 Å². The van der Waals surface area contributed by atoms with Crippen LogP contribution in [0.2, 0.25) is 5.02 Å². The highest BCUT2D eigenvalue weighted by Crippen LogP contribution is 2.34. The predicted octanol–water partition coefficient (Wildman–Crippen LogP) is 9.73. The van der Waals surface area contributed by atoms with Crippen molar-refractivity contribution in [1.29, 1.82) is 0 Å². The Bertz CT molecular complexity index is 1320. The van der Waals surface area contributed by atoms with Crippen LogP contribution < -0.4 is 5.32 Å². The van der Waals surface area contributed by atoms with Crippen molar-refractivity contribution in [3.8, 4) is 11.4 Å². The molecule has 3 rings (SSSR count). The Balaban J connectivity index is 1.33. The Morgan fingerprint density at radius 1 is 0.909 bits per heavy atom. The maximum Gasteiger partial charge on any atom is 0.306 e. The first-order chi connectivity index (χ1) is 21.1. The van der Waals surface area contributed by atoms with E-state index in [1.807, 2.05) is 25.1 Å². The van der Waals surface area contributed by atoms with E-state index < -0.39 is 0 Å². The van der Waals surface area contributed by atoms with Gasteiger partial charge in [0.25, 0.3) is 0 Å². The Labute approximate surface area is 269 Å². The van der Waals surface area contributed by atoms with Gasteiger partial charge in [0.05, 0.1) is 24.4 Å². The van der Waals surface area contributed by atoms with Gasteiger partial charge in [0.15, 0.2) is 11.5 Å². The highest BCUT2D eigenvalue weighted by atomic mass is 35.5. The molecule has 0 aliphatic carbocycles. The van der Waals surface area contributed by atoms with E-state index in [1.165, 1.54) is 77.0 Å². The second-order valence-corrected chi connectivity index (χ2v) is 13.5. The summed E-state index contributed by atoms with van der Waals surface area (Å²) in [5, 5.41) is 11.3. The van der Waals surface area contributed by atoms with Gasteiger partial charge in [-0.2, -0.15) is 4.63 Å². The zero-order valence-electron chi connectivity index (χ0n) is 27.7. The molecular weight excluding hydrogens is 574 g/mol. The number of nitrogens with one attached hydrogen (secondary N) is 2. The third-order valence-corrected chi connectivity index (χ3v) is 8.44. The molecule has 2 aromatic heterocycles. The number of carbonyl (C=O) groups excluding carboxylic acids is 2. The number of aromatic amines is 1. The summed E-state index contributed by atoms with van der Waals surface area (Å²) in [6.07, 6.45) is 18.1. The molecule has 0 aliphatic heterocycles. The lowest BCUT2D eigenvalue weighted by atomic mass is 9.92. The Hall–Kier alpha value is -2.87. The second-order valence-electron chi connectivity index (χ2n) is 13.1. The smallest absolute Gasteiger partial charge is 0.306 e. The maximum absolute atomic E-state index is 12.8. The number of nitrogens with zero attached hydrogens (tertiary/aromatic N) is 3. The fraction of sp³-hybridized carbons (Fsp3) is 0.657. The molecule has 9 heteroatoms. The summed E-state index contributed by atoms with van der Waals surface area (Å²) in [5.41, 5.74) is 3.42. The zero-order chi connectivity index (χ0) is 32.0. The number of rotatable bonds is 20. The van der Waals surface area contributed by atoms with Crippen LogP contribution in [0.4, 0.5) is 5.69 Å². The summed E-state index contributed by atoms with van der Waals surface area (Å²) in [6.45, 7) is 10.8. The van der Waals surface area contributed by atoms with E-state index in [4.69, 9.17) is 16.3 Å². The number of H-pyrrole nitrogens is 1. The number of esters is 1. The van der Waals surface area contributed by atoms with Crippen molar-refractivity contribution in [1.82, 2.24) is 19.8 Å². The van der Waals surface area contributed by atoms with Crippen LogP contribution >= 0.6 is 11.6 Å². The number of fused-ring (bicyclic) bond motifs is 1. The van der Waals surface area contributed by atoms with Gasteiger partial charge < -0.3 is 10.1 Å². The van der Waals surface area contributed by atoms with Crippen molar-refractivity contribution in [3.05, 3.63) is 34.5 Å². The van der Waals surface area contributed by atoms with Gasteiger partial charge in [-0.1, -0.05) is 135 Å². The van der Waals surface area contributed by atoms with Gasteiger partial charge in [0.1, 0.15) is 5.02 Å². The monoisotopic (exact) mass is 627 g/mol. The molecule has 3 aromatic rings. The lowest BCUT2D eigenvalue weighted by Crippen LogP contribution is -2.16. The number of hydrogen-bond donors (Lipinski definition) is 2. The number of anilines is 1. The first-order valence-corrected chi connectivity index (χ1v) is 17.2. The molecule has 2 heterocycles. The highest BCUT2D eigenvalue weighted by Gasteiger charge is 2.25. The van der Waals surface area contributed by atoms with Gasteiger partial charge in [-0.3, -0.25) is 14.7 Å². The molecule has 1 aromatic carbocycles. The number of aryl methyl sites for hydroxylation is 1. The van der Waals surface area contributed by atoms with Crippen molar-refractivity contribution in [2.45, 2.75) is 143 Å². The number of carbonyl (C=O) groups is 2. The summed E-state index contributed by atoms with van der Waals surface area (Å²) in [6, 6.07) is 5.62. The Morgan fingerprint density at radius 3 is 2.07 bits per heavy atom. The molecular formula is C35H54ClN5O3. The molecule has 0 saturated carbocycles. The average Bonchev–Trinajstić information content (AvgIpc) is 3.53. The molecule has 0 unspecified atom stereocenters. The van der Waals surface area contributed by atoms with Crippen LogP contribution in [-0.2, 0) is 19.7 Å². The summed E-state index contributed by atoms with van der Waals surface area (Å²) in [5.74, 6) is -0.142. The fourth-order valence-electron chi connectivity index (χ4n) is 5.45. The molecule has 0 aliphatic rings. The first-order valence-electron chi connectivity index (χ1n) is 16.8. The van der Waals surface area contributed by atoms with Gasteiger partial charge >= 0.3 is 5.97 Å². The van der Waals surface area contributed by atoms with E-state index in [0.717, 1.165) is 24.1 Å². The van der Waals surface area contributed by atoms with Crippen LogP contribution in [0.3, 0.4) is 0 Å². The van der Waals surface area contributed by atoms with E-state index >= 15 is 0 Å². The topological polar surface area (TPSA) is 101 Å². The van der Waals surface area contributed by atoms with Crippen LogP contribution in [0.25, 0.3) is 17.0 Å². The summed E-state index contributed by atoms with van der Waals surface area (Å²) in [7, 11) is 0. The molecule has 0 radical (unpaired) electrons. The molecule has 44 heavy (non-hydrogen) atoms. The van der Waals surface area contributed by atoms with Crippen LogP contribution in [0.1, 0.15) is 142 Å². The third kappa shape index (κ3) is 11.2. The molecule has 0 saturated heterocycles. The van der Waals surface area contributed by atoms with Gasteiger partial charge in [-0.25, -0.2) is 4.98 Å². The van der Waals surface area contributed by atoms with Gasteiger partial charge in [0.2, 0.25) is 5.91 Å². The summed E-state index contributed by atoms with van der Waals surface area (Å²) in [4.78, 5) is 29.7. The minimum absolute atomic E-state index is 0.0442. The van der Waals surface area contributed by atoms with Crippen LogP contribution in [-0.4, -0.2) is 38.3 Å². The Morgan fingerprint density at radius 2 is 1.50 bits per heavy atom. The van der Waals surface area contributed by atoms with Crippen LogP contribution in [0.5, 0.6) is 0 Å². The van der Waals surface area contributed by atoms with Crippen molar-refractivity contribution in [2.75, 3.05) is 11.9 Å². The predicted molar refractivity (Wildman–Crippen MR) is 180 cm³/mol. The van der Waals surface area contributed by atoms with Gasteiger partial charge in [0, 0.05) is 17.4 Å². The van der Waals surface area contributed by atoms with E-state index in [0.29, 0.717) is 34.4 Å². The van der Waals surface area contributed by atoms with E-state index in [1.54, 1.807) is 4.63 Å². The molecule has 0 atom stereocenters. The summed E-state index contributed by atoms with van der Waals surface area (Å²) < 4.78 is 6.95. The number of unbranched alkanes of at least 4 members (excludes halogenated alkanes) is 13. The molecule has 244 valence electrons. The van der Waals surface area contributed by atoms with Crippen molar-refractivity contribution < 1.29 is 14.3 Å². The van der Waals surface area contributed by atoms with Crippen LogP contribution in [0, 0.1) is 6.92 Å². The SMILES string of the molecule is CCCCCCCCCCCCCCCCOC(=O)CCC(=O)Nc1cccc(C)c1-c1nc2c(Cl)c(C(C)(C)C)[nH]n2n1. The van der Waals surface area contributed by atoms with Crippen LogP contribution in [0.15, 0.2) is 18.2 Å². The molecule has 1 amide bonds. The lowest BCUT2D eigenvalue weighted by Gasteiger charge is -2.16. The van der Waals surface area contributed by atoms with E-state index in [-0.39, 0.29) is 30.1 Å². The van der Waals surface area contributed by atoms with Gasteiger partial charge in [-0.05, 0) is 25.0 Å². The third-order valence-electron chi connectivity index (χ3n) is 8.08. The minimum Gasteiger partial charge on any atom is -0.466 e. The minimum atomic E-state index is -0.339. The standard InChI is InChI=1S/C35H54ClN5O3/c1-6-7-8-9-10-11-12-13-14-15-16-17-18-19-25-44-29(43)24-23-28(42)37-27-22-20-21-26(2)30(27)33-38-34-31(36)32(35(3,4)5)39-41(34)40-33/h20-22,39H,6-19,23-25H2,1-5H3,(H,37,42). The zero-order valence-corrected chi connectivity index (χ0v) is 28.5. The molecule has 0 fully saturated rings. The van der Waals surface area contributed by atoms with E-state index in [2.05, 4.69) is 48.2 Å². The molecule has 2 N–H and O–H groups in total. The average molecular weight is 628 g/mol. The molecule has 0 bridgehead atoms. The second kappa shape index (κ2) is 18.2. The van der Waals surface area contributed by atoms with Crippen molar-refractivity contribution in [2.24, 2.45) is 0 Å². The summed E-state index contributed by atoms with van der Waals surface area (Å²) >= 11 is 6.62. The number of amides is 1. The number of aromatic nitrogens is 4. The largest absolute Gasteiger partial charge is 0.466 e. The number of ether oxygens (including phenoxy) is 1. The van der Waals surface area contributed by atoms with E-state index in [9.17, 15) is 9.59 Å². The number of benzene rings is 1. The molecule has 0 spiro atoms. The maximum atomic E-state index is 12.8. The first kappa shape index (κ1) is 35.6. The van der Waals surface area contributed by atoms with Crippen molar-refractivity contribution >= 4 is 34.8 Å². The quantitative estimate of drug-likeness (QED) is 0.0959. The fourth-order valence-corrected chi connectivity index (χ4v) is 5.90. The van der Waals surface area contributed by atoms with Crippen molar-refractivity contribution in [3.63, 3.8) is 0 Å². The Kier molecular flexibility index (Phi) is 14.7. The molecule has 8 nitrogen and oxygen atoms in total. The number of hydrogen-bond acceptors (Lipinski definition) is 5.